The van der Waals surface area contributed by atoms with Crippen molar-refractivity contribution in [3.8, 4) is 5.75 Å². The van der Waals surface area contributed by atoms with Crippen LogP contribution >= 0.6 is 0 Å². The Bertz CT molecular complexity index is 1080. The maximum atomic E-state index is 13.9. The summed E-state index contributed by atoms with van der Waals surface area (Å²) in [6.45, 7) is 2.99. The van der Waals surface area contributed by atoms with Gasteiger partial charge in [0, 0.05) is 38.1 Å². The molecule has 9 nitrogen and oxygen atoms in total. The number of carbonyl (C=O) groups excluding carboxylic acids is 3. The van der Waals surface area contributed by atoms with Gasteiger partial charge in [-0.05, 0) is 37.3 Å². The van der Waals surface area contributed by atoms with Gasteiger partial charge in [-0.3, -0.25) is 14.4 Å². The average Bonchev–Trinajstić information content (AvgIpc) is 3.53. The quantitative estimate of drug-likeness (QED) is 0.390. The zero-order chi connectivity index (χ0) is 26.2. The third kappa shape index (κ3) is 4.52. The van der Waals surface area contributed by atoms with Gasteiger partial charge in [-0.1, -0.05) is 38.0 Å². The summed E-state index contributed by atoms with van der Waals surface area (Å²) in [5.41, 5.74) is -0.583. The molecule has 200 valence electrons. The van der Waals surface area contributed by atoms with Crippen molar-refractivity contribution in [2.24, 2.45) is 17.8 Å². The molecule has 0 radical (unpaired) electrons. The molecule has 0 unspecified atom stereocenters. The summed E-state index contributed by atoms with van der Waals surface area (Å²) in [6.07, 6.45) is 7.95. The molecular weight excluding hydrogens is 474 g/mol. The van der Waals surface area contributed by atoms with Crippen molar-refractivity contribution in [1.82, 2.24) is 10.2 Å². The van der Waals surface area contributed by atoms with E-state index in [0.29, 0.717) is 36.9 Å². The van der Waals surface area contributed by atoms with Crippen LogP contribution in [0.4, 0.5) is 5.69 Å². The molecule has 3 aliphatic heterocycles. The lowest BCUT2D eigenvalue weighted by Crippen LogP contribution is -2.57. The van der Waals surface area contributed by atoms with Crippen molar-refractivity contribution < 1.29 is 28.6 Å². The van der Waals surface area contributed by atoms with Gasteiger partial charge in [0.25, 0.3) is 0 Å². The van der Waals surface area contributed by atoms with Crippen LogP contribution in [-0.4, -0.2) is 73.8 Å². The van der Waals surface area contributed by atoms with Crippen LogP contribution in [0.1, 0.15) is 39.0 Å². The van der Waals surface area contributed by atoms with Crippen LogP contribution in [0.2, 0.25) is 0 Å². The van der Waals surface area contributed by atoms with Gasteiger partial charge >= 0.3 is 0 Å². The molecule has 1 aromatic rings. The molecule has 2 bridgehead atoms. The molecule has 37 heavy (non-hydrogen) atoms. The van der Waals surface area contributed by atoms with Gasteiger partial charge in [0.15, 0.2) is 0 Å². The van der Waals surface area contributed by atoms with Gasteiger partial charge in [-0.25, -0.2) is 0 Å². The fourth-order valence-corrected chi connectivity index (χ4v) is 6.61. The van der Waals surface area contributed by atoms with Crippen molar-refractivity contribution in [3.63, 3.8) is 0 Å². The van der Waals surface area contributed by atoms with E-state index in [0.717, 1.165) is 19.3 Å². The average molecular weight is 512 g/mol. The maximum Gasteiger partial charge on any atom is 0.246 e. The van der Waals surface area contributed by atoms with Crippen LogP contribution in [0, 0.1) is 17.8 Å². The summed E-state index contributed by atoms with van der Waals surface area (Å²) in [7, 11) is 3.17. The summed E-state index contributed by atoms with van der Waals surface area (Å²) in [4.78, 5) is 42.9. The van der Waals surface area contributed by atoms with E-state index >= 15 is 0 Å². The van der Waals surface area contributed by atoms with Gasteiger partial charge in [-0.15, -0.1) is 0 Å². The number of amides is 3. The topological polar surface area (TPSA) is 106 Å². The second-order valence-corrected chi connectivity index (χ2v) is 10.7. The van der Waals surface area contributed by atoms with Crippen molar-refractivity contribution in [3.05, 3.63) is 36.4 Å². The van der Waals surface area contributed by atoms with E-state index in [1.807, 2.05) is 12.2 Å². The zero-order valence-corrected chi connectivity index (χ0v) is 21.8. The molecule has 7 atom stereocenters. The van der Waals surface area contributed by atoms with Gasteiger partial charge in [0.05, 0.1) is 25.0 Å². The molecule has 3 amide bonds. The second-order valence-electron chi connectivity index (χ2n) is 10.7. The number of benzene rings is 1. The molecule has 3 heterocycles. The van der Waals surface area contributed by atoms with Crippen molar-refractivity contribution in [1.29, 1.82) is 0 Å². The number of hydrogen-bond donors (Lipinski definition) is 2. The fourth-order valence-electron chi connectivity index (χ4n) is 6.61. The SMILES string of the molecule is COCCCN1C(=O)[C@H]2[C@H](C(=O)Nc3cccc(OC)c3)[C@H]3C=C[C@@]2(O3)[C@@H]1C(=O)N[C@@H]1CCCC[C@@H]1C. The number of nitrogens with zero attached hydrogens (tertiary/aromatic N) is 1. The second kappa shape index (κ2) is 10.5. The van der Waals surface area contributed by atoms with Crippen LogP contribution in [0.25, 0.3) is 0 Å². The largest absolute Gasteiger partial charge is 0.497 e. The number of likely N-dealkylation sites (tertiary alicyclic amines) is 1. The maximum absolute atomic E-state index is 13.9. The molecule has 1 spiro atoms. The van der Waals surface area contributed by atoms with Crippen LogP contribution in [0.5, 0.6) is 5.75 Å². The lowest BCUT2D eigenvalue weighted by molar-refractivity contribution is -0.141. The predicted octanol–water partition coefficient (Wildman–Crippen LogP) is 2.52. The molecule has 4 aliphatic rings. The Kier molecular flexibility index (Phi) is 7.27. The Morgan fingerprint density at radius 1 is 1.19 bits per heavy atom. The van der Waals surface area contributed by atoms with Crippen LogP contribution in [-0.2, 0) is 23.9 Å². The van der Waals surface area contributed by atoms with E-state index in [1.54, 1.807) is 43.4 Å². The van der Waals surface area contributed by atoms with E-state index in [-0.39, 0.29) is 23.8 Å². The first kappa shape index (κ1) is 25.7. The normalized spacial score (nSPS) is 33.9. The third-order valence-electron chi connectivity index (χ3n) is 8.45. The smallest absolute Gasteiger partial charge is 0.246 e. The van der Waals surface area contributed by atoms with E-state index in [2.05, 4.69) is 17.6 Å². The monoisotopic (exact) mass is 511 g/mol. The number of rotatable bonds is 9. The Morgan fingerprint density at radius 2 is 2.00 bits per heavy atom. The van der Waals surface area contributed by atoms with E-state index in [9.17, 15) is 14.4 Å². The highest BCUT2D eigenvalue weighted by Crippen LogP contribution is 2.55. The summed E-state index contributed by atoms with van der Waals surface area (Å²) in [5, 5.41) is 6.18. The Morgan fingerprint density at radius 3 is 2.76 bits per heavy atom. The first-order chi connectivity index (χ1) is 17.9. The molecule has 2 saturated heterocycles. The zero-order valence-electron chi connectivity index (χ0n) is 21.8. The number of ether oxygens (including phenoxy) is 3. The Labute approximate surface area is 217 Å². The van der Waals surface area contributed by atoms with E-state index < -0.39 is 29.6 Å². The Balaban J connectivity index is 1.42. The number of carbonyl (C=O) groups is 3. The molecule has 1 saturated carbocycles. The molecule has 5 rings (SSSR count). The van der Waals surface area contributed by atoms with Gasteiger partial charge in [0.1, 0.15) is 17.4 Å². The minimum absolute atomic E-state index is 0.0716. The lowest BCUT2D eigenvalue weighted by Gasteiger charge is -2.36. The van der Waals surface area contributed by atoms with Crippen molar-refractivity contribution >= 4 is 23.4 Å². The van der Waals surface area contributed by atoms with Crippen LogP contribution in [0.3, 0.4) is 0 Å². The molecular formula is C28H37N3O6. The standard InChI is InChI=1S/C28H37N3O6/c1-17-8-4-5-11-20(17)30-26(33)24-28-13-12-21(37-28)22(23(28)27(34)31(24)14-7-15-35-2)25(32)29-18-9-6-10-19(16-18)36-3/h6,9-10,12-13,16-17,20-24H,4-5,7-8,11,14-15H2,1-3H3,(H,29,32)(H,30,33)/t17-,20+,21+,22+,23+,24-,28-/m0/s1. The van der Waals surface area contributed by atoms with Crippen molar-refractivity contribution in [2.75, 3.05) is 32.7 Å². The minimum Gasteiger partial charge on any atom is -0.497 e. The first-order valence-electron chi connectivity index (χ1n) is 13.3. The van der Waals surface area contributed by atoms with Gasteiger partial charge in [0.2, 0.25) is 17.7 Å². The van der Waals surface area contributed by atoms with Crippen LogP contribution < -0.4 is 15.4 Å². The number of methoxy groups -OCH3 is 2. The number of nitrogens with one attached hydrogen (secondary N) is 2. The number of fused-ring (bicyclic) bond motifs is 1. The highest BCUT2D eigenvalue weighted by atomic mass is 16.5. The number of anilines is 1. The highest BCUT2D eigenvalue weighted by Gasteiger charge is 2.72. The number of hydrogen-bond acceptors (Lipinski definition) is 6. The molecule has 1 aliphatic carbocycles. The van der Waals surface area contributed by atoms with Crippen LogP contribution in [0.15, 0.2) is 36.4 Å². The summed E-state index contributed by atoms with van der Waals surface area (Å²) in [5.74, 6) is -1.23. The predicted molar refractivity (Wildman–Crippen MR) is 137 cm³/mol. The molecule has 3 fully saturated rings. The summed E-state index contributed by atoms with van der Waals surface area (Å²) in [6, 6.07) is 6.33. The lowest BCUT2D eigenvalue weighted by atomic mass is 9.74. The minimum atomic E-state index is -1.16. The molecule has 2 N–H and O–H groups in total. The summed E-state index contributed by atoms with van der Waals surface area (Å²) < 4.78 is 16.9. The Hall–Kier alpha value is -2.91. The molecule has 1 aromatic carbocycles. The fraction of sp³-hybridized carbons (Fsp3) is 0.607. The third-order valence-corrected chi connectivity index (χ3v) is 8.45. The van der Waals surface area contributed by atoms with E-state index in [4.69, 9.17) is 14.2 Å². The molecule has 0 aromatic heterocycles. The molecule has 9 heteroatoms. The van der Waals surface area contributed by atoms with E-state index in [1.165, 1.54) is 6.42 Å². The van der Waals surface area contributed by atoms with Gasteiger partial charge in [-0.2, -0.15) is 0 Å². The summed E-state index contributed by atoms with van der Waals surface area (Å²) >= 11 is 0. The van der Waals surface area contributed by atoms with Gasteiger partial charge < -0.3 is 29.7 Å². The highest BCUT2D eigenvalue weighted by molar-refractivity contribution is 6.02. The van der Waals surface area contributed by atoms with Crippen molar-refractivity contribution in [2.45, 2.75) is 62.8 Å². The first-order valence-corrected chi connectivity index (χ1v) is 13.3.